The number of benzene rings is 1. The van der Waals surface area contributed by atoms with Crippen LogP contribution in [-0.2, 0) is 43.4 Å². The minimum atomic E-state index is -1.05. The summed E-state index contributed by atoms with van der Waals surface area (Å²) < 4.78 is 36.1. The van der Waals surface area contributed by atoms with Gasteiger partial charge in [0, 0.05) is 99.9 Å². The number of carboxylic acid groups (broad SMARTS) is 1. The molecule has 1 atom stereocenters. The fourth-order valence-electron chi connectivity index (χ4n) is 8.97. The Kier molecular flexibility index (Phi) is 17.1. The van der Waals surface area contributed by atoms with Gasteiger partial charge in [0.1, 0.15) is 47.9 Å². The Morgan fingerprint density at radius 2 is 1.64 bits per heavy atom. The number of anilines is 2. The Balaban J connectivity index is 0.604. The number of carboxylic acids is 1. The molecule has 0 saturated carbocycles. The third-order valence-electron chi connectivity index (χ3n) is 13.2. The van der Waals surface area contributed by atoms with Crippen LogP contribution in [0.5, 0.6) is 17.4 Å². The van der Waals surface area contributed by atoms with Crippen molar-refractivity contribution in [2.45, 2.75) is 58.2 Å². The number of piperazine rings is 1. The van der Waals surface area contributed by atoms with E-state index in [0.29, 0.717) is 129 Å². The van der Waals surface area contributed by atoms with Crippen LogP contribution in [0.3, 0.4) is 0 Å². The van der Waals surface area contributed by atoms with E-state index >= 15 is 0 Å². The molecule has 1 N–H and O–H groups in total. The van der Waals surface area contributed by atoms with Crippen LogP contribution in [0.4, 0.5) is 11.8 Å². The molecular formula is C53H59N13O10. The van der Waals surface area contributed by atoms with Gasteiger partial charge in [0.15, 0.2) is 5.78 Å². The Hall–Kier alpha value is -8.01. The maximum absolute atomic E-state index is 13.5. The Morgan fingerprint density at radius 3 is 2.43 bits per heavy atom. The van der Waals surface area contributed by atoms with Gasteiger partial charge in [-0.1, -0.05) is 17.3 Å². The molecule has 9 rings (SSSR count). The second-order valence-electron chi connectivity index (χ2n) is 18.9. The van der Waals surface area contributed by atoms with Crippen LogP contribution < -0.4 is 19.3 Å². The topological polar surface area (TPSA) is 259 Å². The van der Waals surface area contributed by atoms with Crippen LogP contribution in [0.25, 0.3) is 11.3 Å². The quantitative estimate of drug-likeness (QED) is 0.0783. The molecule has 0 radical (unpaired) electrons. The number of nitrogens with zero attached hydrogens (tertiary/aromatic N) is 13. The average Bonchev–Trinajstić information content (AvgIpc) is 3.99. The Labute approximate surface area is 438 Å². The van der Waals surface area contributed by atoms with Crippen LogP contribution in [0.2, 0.25) is 0 Å². The maximum atomic E-state index is 13.5. The minimum absolute atomic E-state index is 0.0475. The summed E-state index contributed by atoms with van der Waals surface area (Å²) in [5.74, 6) is 1.33. The number of carbonyl (C=O) groups is 3. The molecule has 1 aromatic carbocycles. The van der Waals surface area contributed by atoms with Gasteiger partial charge in [-0.15, -0.1) is 5.10 Å². The van der Waals surface area contributed by atoms with E-state index in [9.17, 15) is 19.6 Å². The van der Waals surface area contributed by atoms with Crippen LogP contribution in [0, 0.1) is 11.3 Å². The van der Waals surface area contributed by atoms with Crippen molar-refractivity contribution in [3.05, 3.63) is 120 Å². The maximum Gasteiger partial charge on any atom is 0.337 e. The molecule has 23 nitrogen and oxygen atoms in total. The van der Waals surface area contributed by atoms with E-state index in [1.165, 1.54) is 23.0 Å². The van der Waals surface area contributed by atoms with E-state index in [4.69, 9.17) is 38.5 Å². The van der Waals surface area contributed by atoms with E-state index in [-0.39, 0.29) is 48.4 Å². The largest absolute Gasteiger partial charge is 0.491 e. The lowest BCUT2D eigenvalue weighted by Crippen LogP contribution is -2.55. The molecule has 2 fully saturated rings. The molecule has 0 unspecified atom stereocenters. The second-order valence-corrected chi connectivity index (χ2v) is 18.9. The van der Waals surface area contributed by atoms with E-state index in [2.05, 4.69) is 46.1 Å². The Bertz CT molecular complexity index is 3000. The average molecular weight is 1040 g/mol. The summed E-state index contributed by atoms with van der Waals surface area (Å²) in [5.41, 5.74) is 2.66. The third kappa shape index (κ3) is 13.1. The Morgan fingerprint density at radius 1 is 0.855 bits per heavy atom. The zero-order valence-electron chi connectivity index (χ0n) is 42.6. The molecule has 0 spiro atoms. The zero-order valence-corrected chi connectivity index (χ0v) is 42.6. The highest BCUT2D eigenvalue weighted by molar-refractivity contribution is 6.12. The van der Waals surface area contributed by atoms with Gasteiger partial charge in [0.25, 0.3) is 0 Å². The lowest BCUT2D eigenvalue weighted by Gasteiger charge is -2.39. The molecule has 76 heavy (non-hydrogen) atoms. The number of aromatic carboxylic acids is 1. The second kappa shape index (κ2) is 24.6. The number of likely N-dealkylation sites (tertiary alicyclic amines) is 1. The van der Waals surface area contributed by atoms with Crippen LogP contribution in [0.15, 0.2) is 91.6 Å². The van der Waals surface area contributed by atoms with Crippen molar-refractivity contribution in [3.8, 4) is 34.7 Å². The molecule has 5 aromatic heterocycles. The number of rotatable bonds is 25. The van der Waals surface area contributed by atoms with Gasteiger partial charge in [-0.25, -0.2) is 34.4 Å². The van der Waals surface area contributed by atoms with Gasteiger partial charge in [0.05, 0.1) is 80.9 Å². The van der Waals surface area contributed by atoms with Gasteiger partial charge in [0.2, 0.25) is 17.7 Å². The summed E-state index contributed by atoms with van der Waals surface area (Å²) >= 11 is 0. The standard InChI is InChI=1S/C53H59N13O10/c1-36-29-63(52-57-27-39(28-58-52)45-11-10-44-49(68)53(2,3)66(50(44)59-45)30-38-6-5-13-55-46(38)25-54)14-15-65(36)48(67)34-64-31-40(60-61-64)35-73-19-18-72-21-23-75-43-32-62(33-43)16-17-71-20-22-74-41-7-4-8-42(24-41)76-47-12-9-37(26-56-47)51(69)70/h4-13,24,26-28,31,36,43H,14-23,29-30,32-35H2,1-3H3,(H,69,70)/t36-/m1/s1. The van der Waals surface area contributed by atoms with Gasteiger partial charge < -0.3 is 48.2 Å². The number of Topliss-reactive ketones (excluding diaryl/α,β-unsaturated/α-hetero) is 1. The molecule has 3 aliphatic heterocycles. The van der Waals surface area contributed by atoms with Crippen LogP contribution >= 0.6 is 0 Å². The third-order valence-corrected chi connectivity index (χ3v) is 13.2. The highest BCUT2D eigenvalue weighted by atomic mass is 16.5. The highest BCUT2D eigenvalue weighted by Gasteiger charge is 2.45. The molecule has 3 aliphatic rings. The summed E-state index contributed by atoms with van der Waals surface area (Å²) in [6, 6.07) is 19.3. The molecule has 0 aliphatic carbocycles. The van der Waals surface area contributed by atoms with E-state index in [0.717, 1.165) is 19.6 Å². The van der Waals surface area contributed by atoms with Crippen LogP contribution in [-0.4, -0.2) is 176 Å². The molecular weight excluding hydrogens is 979 g/mol. The van der Waals surface area contributed by atoms with Gasteiger partial charge in [-0.2, -0.15) is 5.26 Å². The number of fused-ring (bicyclic) bond motifs is 1. The predicted molar refractivity (Wildman–Crippen MR) is 273 cm³/mol. The van der Waals surface area contributed by atoms with Crippen molar-refractivity contribution in [3.63, 3.8) is 0 Å². The van der Waals surface area contributed by atoms with E-state index in [1.54, 1.807) is 61.2 Å². The molecule has 8 heterocycles. The monoisotopic (exact) mass is 1040 g/mol. The smallest absolute Gasteiger partial charge is 0.337 e. The molecule has 0 bridgehead atoms. The van der Waals surface area contributed by atoms with Gasteiger partial charge in [-0.3, -0.25) is 14.5 Å². The van der Waals surface area contributed by atoms with Crippen molar-refractivity contribution in [1.82, 2.24) is 49.7 Å². The first-order chi connectivity index (χ1) is 36.9. The van der Waals surface area contributed by atoms with E-state index < -0.39 is 11.5 Å². The number of amides is 1. The first-order valence-electron chi connectivity index (χ1n) is 25.0. The molecule has 2 saturated heterocycles. The number of nitriles is 1. The zero-order chi connectivity index (χ0) is 53.0. The minimum Gasteiger partial charge on any atom is -0.491 e. The number of pyridine rings is 3. The normalized spacial score (nSPS) is 16.3. The van der Waals surface area contributed by atoms with Gasteiger partial charge >= 0.3 is 5.97 Å². The number of aromatic nitrogens is 8. The SMILES string of the molecule is C[C@@H]1CN(c2ncc(-c3ccc4c(n3)N(Cc3cccnc3C#N)C(C)(C)C4=O)cn2)CCN1C(=O)Cn1cc(COCCOCCOC2CN(CCOCCOc3cccc(Oc4ccc(C(=O)O)cn4)c3)C2)nn1. The number of hydrogen-bond donors (Lipinski definition) is 1. The summed E-state index contributed by atoms with van der Waals surface area (Å²) in [6.07, 6.45) is 8.14. The molecule has 6 aromatic rings. The summed E-state index contributed by atoms with van der Waals surface area (Å²) in [4.78, 5) is 68.5. The number of hydrogen-bond acceptors (Lipinski definition) is 20. The lowest BCUT2D eigenvalue weighted by atomic mass is 9.97. The number of ether oxygens (including phenoxy) is 6. The van der Waals surface area contributed by atoms with Crippen molar-refractivity contribution < 1.29 is 47.9 Å². The van der Waals surface area contributed by atoms with Crippen molar-refractivity contribution in [2.75, 3.05) is 95.3 Å². The van der Waals surface area contributed by atoms with Crippen molar-refractivity contribution in [2.24, 2.45) is 0 Å². The predicted octanol–water partition coefficient (Wildman–Crippen LogP) is 4.33. The number of ketones is 1. The van der Waals surface area contributed by atoms with Crippen LogP contribution in [0.1, 0.15) is 58.4 Å². The molecule has 396 valence electrons. The molecule has 1 amide bonds. The van der Waals surface area contributed by atoms with Gasteiger partial charge in [-0.05, 0) is 57.2 Å². The number of carbonyl (C=O) groups excluding carboxylic acids is 2. The first kappa shape index (κ1) is 52.8. The van der Waals surface area contributed by atoms with Crippen molar-refractivity contribution in [1.29, 1.82) is 5.26 Å². The molecule has 23 heteroatoms. The van der Waals surface area contributed by atoms with Crippen molar-refractivity contribution >= 4 is 29.4 Å². The lowest BCUT2D eigenvalue weighted by molar-refractivity contribution is -0.134. The first-order valence-corrected chi connectivity index (χ1v) is 25.0. The summed E-state index contributed by atoms with van der Waals surface area (Å²) in [6.45, 7) is 13.4. The van der Waals surface area contributed by atoms with E-state index in [1.807, 2.05) is 42.7 Å². The summed E-state index contributed by atoms with van der Waals surface area (Å²) in [7, 11) is 0. The fraction of sp³-hybridized carbons (Fsp3) is 0.415. The summed E-state index contributed by atoms with van der Waals surface area (Å²) in [5, 5.41) is 27.0. The fourth-order valence-corrected chi connectivity index (χ4v) is 8.97. The highest BCUT2D eigenvalue weighted by Crippen LogP contribution is 2.40.